The Bertz CT molecular complexity index is 620. The molecule has 1 aliphatic rings. The van der Waals surface area contributed by atoms with Crippen molar-refractivity contribution in [2.45, 2.75) is 19.8 Å². The summed E-state index contributed by atoms with van der Waals surface area (Å²) in [5.74, 6) is 0.375. The second-order valence-electron chi connectivity index (χ2n) is 5.15. The van der Waals surface area contributed by atoms with E-state index in [1.54, 1.807) is 0 Å². The fraction of sp³-hybridized carbons (Fsp3) is 0.235. The highest BCUT2D eigenvalue weighted by molar-refractivity contribution is 9.10. The van der Waals surface area contributed by atoms with Crippen molar-refractivity contribution in [3.63, 3.8) is 0 Å². The number of carbonyl (C=O) groups is 1. The number of fused-ring (bicyclic) bond motifs is 1. The van der Waals surface area contributed by atoms with Gasteiger partial charge in [0.1, 0.15) is 0 Å². The molecular formula is C17H15BrO. The van der Waals surface area contributed by atoms with Crippen molar-refractivity contribution in [1.82, 2.24) is 0 Å². The van der Waals surface area contributed by atoms with Gasteiger partial charge in [0.05, 0.1) is 0 Å². The number of hydrogen-bond donors (Lipinski definition) is 0. The van der Waals surface area contributed by atoms with E-state index in [9.17, 15) is 4.79 Å². The Morgan fingerprint density at radius 3 is 2.32 bits per heavy atom. The van der Waals surface area contributed by atoms with Crippen molar-refractivity contribution in [3.8, 4) is 0 Å². The molecule has 1 nitrogen and oxygen atoms in total. The number of rotatable bonds is 2. The van der Waals surface area contributed by atoms with Crippen LogP contribution in [0.1, 0.15) is 27.0 Å². The highest BCUT2D eigenvalue weighted by atomic mass is 79.9. The van der Waals surface area contributed by atoms with Crippen LogP contribution in [0, 0.1) is 12.8 Å². The fourth-order valence-corrected chi connectivity index (χ4v) is 3.20. The van der Waals surface area contributed by atoms with Crippen LogP contribution in [0.5, 0.6) is 0 Å². The summed E-state index contributed by atoms with van der Waals surface area (Å²) in [6.07, 6.45) is 1.75. The molecule has 2 aromatic rings. The average molecular weight is 315 g/mol. The molecule has 2 heteroatoms. The number of halogens is 1. The topological polar surface area (TPSA) is 17.1 Å². The van der Waals surface area contributed by atoms with Gasteiger partial charge in [0.25, 0.3) is 0 Å². The SMILES string of the molecule is Cc1c(Br)cccc1C(=O)C1Cc2ccccc2C1. The van der Waals surface area contributed by atoms with Crippen LogP contribution in [0.2, 0.25) is 0 Å². The van der Waals surface area contributed by atoms with Crippen LogP contribution in [0.3, 0.4) is 0 Å². The molecule has 0 aromatic heterocycles. The number of ketones is 1. The smallest absolute Gasteiger partial charge is 0.166 e. The predicted molar refractivity (Wildman–Crippen MR) is 80.5 cm³/mol. The zero-order valence-electron chi connectivity index (χ0n) is 10.8. The summed E-state index contributed by atoms with van der Waals surface area (Å²) in [5.41, 5.74) is 4.55. The van der Waals surface area contributed by atoms with Gasteiger partial charge in [-0.1, -0.05) is 52.3 Å². The van der Waals surface area contributed by atoms with Crippen LogP contribution in [0.25, 0.3) is 0 Å². The summed E-state index contributed by atoms with van der Waals surface area (Å²) in [6.45, 7) is 2.00. The van der Waals surface area contributed by atoms with Gasteiger partial charge in [-0.3, -0.25) is 4.79 Å². The minimum Gasteiger partial charge on any atom is -0.294 e. The van der Waals surface area contributed by atoms with E-state index in [-0.39, 0.29) is 11.7 Å². The predicted octanol–water partition coefficient (Wildman–Crippen LogP) is 4.36. The molecule has 0 bridgehead atoms. The Hall–Kier alpha value is -1.41. The summed E-state index contributed by atoms with van der Waals surface area (Å²) in [4.78, 5) is 12.7. The molecule has 0 saturated heterocycles. The van der Waals surface area contributed by atoms with E-state index in [2.05, 4.69) is 40.2 Å². The first-order valence-corrected chi connectivity index (χ1v) is 7.32. The van der Waals surface area contributed by atoms with E-state index >= 15 is 0 Å². The van der Waals surface area contributed by atoms with Gasteiger partial charge < -0.3 is 0 Å². The van der Waals surface area contributed by atoms with Crippen molar-refractivity contribution in [2.75, 3.05) is 0 Å². The second-order valence-corrected chi connectivity index (χ2v) is 6.00. The van der Waals surface area contributed by atoms with Crippen LogP contribution in [0.15, 0.2) is 46.9 Å². The number of hydrogen-bond acceptors (Lipinski definition) is 1. The second kappa shape index (κ2) is 4.93. The van der Waals surface area contributed by atoms with Crippen LogP contribution in [-0.2, 0) is 12.8 Å². The normalized spacial score (nSPS) is 14.4. The van der Waals surface area contributed by atoms with Gasteiger partial charge in [-0.25, -0.2) is 0 Å². The molecule has 0 radical (unpaired) electrons. The lowest BCUT2D eigenvalue weighted by Gasteiger charge is -2.11. The number of Topliss-reactive ketones (excluding diaryl/α,β-unsaturated/α-hetero) is 1. The number of carbonyl (C=O) groups excluding carboxylic acids is 1. The first kappa shape index (κ1) is 12.6. The summed E-state index contributed by atoms with van der Waals surface area (Å²) in [5, 5.41) is 0. The lowest BCUT2D eigenvalue weighted by Crippen LogP contribution is -2.16. The van der Waals surface area contributed by atoms with Crippen molar-refractivity contribution in [3.05, 3.63) is 69.2 Å². The van der Waals surface area contributed by atoms with Gasteiger partial charge in [-0.2, -0.15) is 0 Å². The van der Waals surface area contributed by atoms with E-state index < -0.39 is 0 Å². The standard InChI is InChI=1S/C17H15BrO/c1-11-15(7-4-8-16(11)18)17(19)14-9-12-5-2-3-6-13(12)10-14/h2-8,14H,9-10H2,1H3. The Kier molecular flexibility index (Phi) is 3.28. The third kappa shape index (κ3) is 2.25. The molecule has 0 heterocycles. The molecular weight excluding hydrogens is 300 g/mol. The summed E-state index contributed by atoms with van der Waals surface area (Å²) >= 11 is 3.50. The van der Waals surface area contributed by atoms with Gasteiger partial charge in [-0.15, -0.1) is 0 Å². The summed E-state index contributed by atoms with van der Waals surface area (Å²) < 4.78 is 1.01. The maximum Gasteiger partial charge on any atom is 0.166 e. The molecule has 0 aliphatic heterocycles. The zero-order chi connectivity index (χ0) is 13.4. The van der Waals surface area contributed by atoms with Gasteiger partial charge >= 0.3 is 0 Å². The van der Waals surface area contributed by atoms with E-state index in [4.69, 9.17) is 0 Å². The van der Waals surface area contributed by atoms with Crippen molar-refractivity contribution < 1.29 is 4.79 Å². The first-order valence-electron chi connectivity index (χ1n) is 6.53. The lowest BCUT2D eigenvalue weighted by atomic mass is 9.92. The van der Waals surface area contributed by atoms with Crippen molar-refractivity contribution in [1.29, 1.82) is 0 Å². The van der Waals surface area contributed by atoms with Crippen LogP contribution >= 0.6 is 15.9 Å². The summed E-state index contributed by atoms with van der Waals surface area (Å²) in [7, 11) is 0. The van der Waals surface area contributed by atoms with E-state index in [1.807, 2.05) is 25.1 Å². The maximum atomic E-state index is 12.7. The molecule has 0 fully saturated rings. The van der Waals surface area contributed by atoms with Crippen LogP contribution in [0.4, 0.5) is 0 Å². The van der Waals surface area contributed by atoms with E-state index in [0.29, 0.717) is 0 Å². The number of benzene rings is 2. The van der Waals surface area contributed by atoms with E-state index in [1.165, 1.54) is 11.1 Å². The molecule has 0 saturated carbocycles. The summed E-state index contributed by atoms with van der Waals surface area (Å²) in [6, 6.07) is 14.2. The van der Waals surface area contributed by atoms with E-state index in [0.717, 1.165) is 28.4 Å². The van der Waals surface area contributed by atoms with Gasteiger partial charge in [0.15, 0.2) is 5.78 Å². The molecule has 3 rings (SSSR count). The Morgan fingerprint density at radius 1 is 1.05 bits per heavy atom. The van der Waals surface area contributed by atoms with Gasteiger partial charge in [0, 0.05) is 16.0 Å². The molecule has 96 valence electrons. The zero-order valence-corrected chi connectivity index (χ0v) is 12.4. The third-order valence-corrected chi connectivity index (χ3v) is 4.81. The van der Waals surface area contributed by atoms with Crippen molar-refractivity contribution in [2.24, 2.45) is 5.92 Å². The van der Waals surface area contributed by atoms with Crippen LogP contribution < -0.4 is 0 Å². The third-order valence-electron chi connectivity index (χ3n) is 3.95. The minimum absolute atomic E-state index is 0.102. The van der Waals surface area contributed by atoms with Gasteiger partial charge in [-0.05, 0) is 42.5 Å². The molecule has 2 aromatic carbocycles. The molecule has 0 amide bonds. The maximum absolute atomic E-state index is 12.7. The molecule has 0 unspecified atom stereocenters. The quantitative estimate of drug-likeness (QED) is 0.753. The average Bonchev–Trinajstić information content (AvgIpc) is 2.85. The highest BCUT2D eigenvalue weighted by Crippen LogP contribution is 2.30. The highest BCUT2D eigenvalue weighted by Gasteiger charge is 2.28. The minimum atomic E-state index is 0.102. The largest absolute Gasteiger partial charge is 0.294 e. The fourth-order valence-electron chi connectivity index (χ4n) is 2.84. The Labute approximate surface area is 121 Å². The lowest BCUT2D eigenvalue weighted by molar-refractivity contribution is 0.0924. The van der Waals surface area contributed by atoms with Crippen LogP contribution in [-0.4, -0.2) is 5.78 Å². The molecule has 0 N–H and O–H groups in total. The molecule has 0 spiro atoms. The Morgan fingerprint density at radius 2 is 1.68 bits per heavy atom. The van der Waals surface area contributed by atoms with Crippen molar-refractivity contribution >= 4 is 21.7 Å². The molecule has 1 aliphatic carbocycles. The molecule has 19 heavy (non-hydrogen) atoms. The monoisotopic (exact) mass is 314 g/mol. The molecule has 0 atom stereocenters. The first-order chi connectivity index (χ1) is 9.16. The van der Waals surface area contributed by atoms with Gasteiger partial charge in [0.2, 0.25) is 0 Å². The Balaban J connectivity index is 1.89.